The molecule has 31 heavy (non-hydrogen) atoms. The van der Waals surface area contributed by atoms with Gasteiger partial charge in [0.2, 0.25) is 0 Å². The van der Waals surface area contributed by atoms with Crippen LogP contribution in [0.1, 0.15) is 81.6 Å². The molecular weight excluding hydrogens is 436 g/mol. The third-order valence-corrected chi connectivity index (χ3v) is 2.92. The van der Waals surface area contributed by atoms with E-state index in [1.54, 1.807) is 0 Å². The van der Waals surface area contributed by atoms with E-state index in [0.717, 1.165) is 18.2 Å². The van der Waals surface area contributed by atoms with Crippen LogP contribution in [-0.2, 0) is 31.7 Å². The molecule has 0 aliphatic rings. The molecule has 0 N–H and O–H groups in total. The van der Waals surface area contributed by atoms with Gasteiger partial charge in [-0.1, -0.05) is 41.5 Å². The van der Waals surface area contributed by atoms with E-state index in [1.165, 1.54) is 20.8 Å². The van der Waals surface area contributed by atoms with E-state index in [-0.39, 0.29) is 52.0 Å². The van der Waals surface area contributed by atoms with E-state index in [1.807, 2.05) is 41.5 Å². The van der Waals surface area contributed by atoms with Crippen LogP contribution >= 0.6 is 0 Å². The Bertz CT molecular complexity index is 528. The Kier molecular flexibility index (Phi) is 25.2. The van der Waals surface area contributed by atoms with Crippen molar-refractivity contribution in [2.24, 2.45) is 17.8 Å². The molecule has 0 rings (SSSR count). The Morgan fingerprint density at radius 2 is 0.710 bits per heavy atom. The minimum Gasteiger partial charge on any atom is -0.875 e. The number of hydrogen-bond donors (Lipinski definition) is 0. The van der Waals surface area contributed by atoms with Crippen molar-refractivity contribution in [3.63, 3.8) is 0 Å². The van der Waals surface area contributed by atoms with Gasteiger partial charge in [-0.05, 0) is 76.0 Å². The maximum absolute atomic E-state index is 10.8. The number of hydrogen-bond acceptors (Lipinski definition) is 6. The fourth-order valence-electron chi connectivity index (χ4n) is 2.06. The molecule has 177 valence electrons. The molecule has 0 unspecified atom stereocenters. The van der Waals surface area contributed by atoms with Gasteiger partial charge in [0.05, 0.1) is 0 Å². The monoisotopic (exact) mass is 475 g/mol. The van der Waals surface area contributed by atoms with Crippen LogP contribution in [0.3, 0.4) is 0 Å². The zero-order valence-corrected chi connectivity index (χ0v) is 21.7. The summed E-state index contributed by atoms with van der Waals surface area (Å²) in [5, 5.41) is 32.4. The van der Waals surface area contributed by atoms with Crippen LogP contribution in [0.25, 0.3) is 0 Å². The second kappa shape index (κ2) is 21.4. The van der Waals surface area contributed by atoms with Crippen LogP contribution in [0.15, 0.2) is 35.5 Å². The predicted molar refractivity (Wildman–Crippen MR) is 115 cm³/mol. The van der Waals surface area contributed by atoms with Crippen LogP contribution in [0.2, 0.25) is 0 Å². The second-order valence-corrected chi connectivity index (χ2v) is 8.46. The van der Waals surface area contributed by atoms with Crippen molar-refractivity contribution in [3.8, 4) is 0 Å². The quantitative estimate of drug-likeness (QED) is 0.373. The fourth-order valence-corrected chi connectivity index (χ4v) is 2.06. The van der Waals surface area contributed by atoms with Crippen molar-refractivity contribution in [1.29, 1.82) is 0 Å². The maximum atomic E-state index is 10.8. The summed E-state index contributed by atoms with van der Waals surface area (Å²) in [6.07, 6.45) is 4.87. The van der Waals surface area contributed by atoms with Gasteiger partial charge >= 0.3 is 17.4 Å². The van der Waals surface area contributed by atoms with Crippen molar-refractivity contribution in [2.45, 2.75) is 81.6 Å². The summed E-state index contributed by atoms with van der Waals surface area (Å²) in [7, 11) is 0. The molecule has 0 aromatic carbocycles. The molecule has 0 heterocycles. The zero-order valence-electron chi connectivity index (χ0n) is 20.4. The van der Waals surface area contributed by atoms with Gasteiger partial charge in [-0.2, -0.15) is 0 Å². The van der Waals surface area contributed by atoms with E-state index in [4.69, 9.17) is 0 Å². The van der Waals surface area contributed by atoms with Gasteiger partial charge in [0.25, 0.3) is 0 Å². The smallest absolute Gasteiger partial charge is 0.875 e. The minimum atomic E-state index is -0.161. The van der Waals surface area contributed by atoms with E-state index in [9.17, 15) is 29.7 Å². The Labute approximate surface area is 199 Å². The molecule has 0 bridgehead atoms. The zero-order chi connectivity index (χ0) is 24.4. The Hall–Kier alpha value is -1.84. The van der Waals surface area contributed by atoms with Gasteiger partial charge in [0.15, 0.2) is 17.3 Å². The molecule has 7 heteroatoms. The fraction of sp³-hybridized carbons (Fsp3) is 0.625. The molecule has 6 nitrogen and oxygen atoms in total. The molecule has 0 saturated heterocycles. The summed E-state index contributed by atoms with van der Waals surface area (Å²) in [6, 6.07) is 0. The summed E-state index contributed by atoms with van der Waals surface area (Å²) in [5.41, 5.74) is 0. The van der Waals surface area contributed by atoms with Gasteiger partial charge in [-0.15, -0.1) is 17.3 Å². The molecular formula is C24H39CrO6. The number of ketones is 3. The van der Waals surface area contributed by atoms with Crippen molar-refractivity contribution in [1.82, 2.24) is 0 Å². The van der Waals surface area contributed by atoms with E-state index < -0.39 is 0 Å². The predicted octanol–water partition coefficient (Wildman–Crippen LogP) is 2.59. The first-order valence-corrected chi connectivity index (χ1v) is 10.2. The van der Waals surface area contributed by atoms with Crippen LogP contribution in [0, 0.1) is 17.8 Å². The second-order valence-electron chi connectivity index (χ2n) is 8.46. The molecule has 0 aliphatic carbocycles. The molecule has 1 radical (unpaired) electrons. The molecule has 0 aromatic heterocycles. The third kappa shape index (κ3) is 39.2. The van der Waals surface area contributed by atoms with Crippen molar-refractivity contribution >= 4 is 17.3 Å². The van der Waals surface area contributed by atoms with Crippen LogP contribution in [0.5, 0.6) is 0 Å². The van der Waals surface area contributed by atoms with Gasteiger partial charge in [0, 0.05) is 0 Å². The normalized spacial score (nSPS) is 11.8. The number of allylic oxidation sites excluding steroid dienone is 6. The van der Waals surface area contributed by atoms with Gasteiger partial charge in [-0.25, -0.2) is 0 Å². The summed E-state index contributed by atoms with van der Waals surface area (Å²) < 4.78 is 0. The summed E-state index contributed by atoms with van der Waals surface area (Å²) >= 11 is 0. The van der Waals surface area contributed by atoms with E-state index >= 15 is 0 Å². The van der Waals surface area contributed by atoms with Crippen molar-refractivity contribution in [3.05, 3.63) is 35.5 Å². The standard InChI is InChI=1S/3C8H14O2.Cr/c3*1-6(2)4-8(10)5-7(3)9;/h3*5-6,10H,4H2,1-3H3;/q;;;+3/p-3. The number of carbonyl (C=O) groups excluding carboxylic acids is 3. The third-order valence-electron chi connectivity index (χ3n) is 2.92. The molecule has 0 amide bonds. The van der Waals surface area contributed by atoms with Crippen LogP contribution in [-0.4, -0.2) is 17.3 Å². The molecule has 0 fully saturated rings. The minimum absolute atomic E-state index is 0. The molecule has 0 aromatic rings. The first-order valence-electron chi connectivity index (χ1n) is 10.2. The average Bonchev–Trinajstić information content (AvgIpc) is 2.42. The largest absolute Gasteiger partial charge is 3.00 e. The van der Waals surface area contributed by atoms with Crippen molar-refractivity contribution in [2.75, 3.05) is 0 Å². The number of carbonyl (C=O) groups is 3. The molecule has 0 spiro atoms. The first-order chi connectivity index (χ1) is 13.6. The summed E-state index contributed by atoms with van der Waals surface area (Å²) in [4.78, 5) is 31.1. The van der Waals surface area contributed by atoms with E-state index in [0.29, 0.717) is 37.0 Å². The van der Waals surface area contributed by atoms with Crippen LogP contribution < -0.4 is 15.3 Å². The van der Waals surface area contributed by atoms with Gasteiger partial charge in [0.1, 0.15) is 0 Å². The molecule has 0 atom stereocenters. The Morgan fingerprint density at radius 3 is 0.806 bits per heavy atom. The number of rotatable bonds is 9. The Morgan fingerprint density at radius 1 is 0.548 bits per heavy atom. The van der Waals surface area contributed by atoms with Crippen LogP contribution in [0.4, 0.5) is 0 Å². The maximum Gasteiger partial charge on any atom is 3.00 e. The average molecular weight is 476 g/mol. The first kappa shape index (κ1) is 36.5. The molecule has 0 saturated carbocycles. The molecule has 0 aliphatic heterocycles. The summed E-state index contributed by atoms with van der Waals surface area (Å²) in [6.45, 7) is 15.9. The van der Waals surface area contributed by atoms with Crippen molar-refractivity contribution < 1.29 is 47.1 Å². The van der Waals surface area contributed by atoms with E-state index in [2.05, 4.69) is 0 Å². The topological polar surface area (TPSA) is 120 Å². The summed E-state index contributed by atoms with van der Waals surface area (Å²) in [5.74, 6) is 0.323. The van der Waals surface area contributed by atoms with Gasteiger partial charge in [-0.3, -0.25) is 14.4 Å². The SMILES string of the molecule is CC(=O)C=C([O-])CC(C)C.CC(=O)C=C([O-])CC(C)C.CC(=O)C=C([O-])CC(C)C.[Cr+3]. The van der Waals surface area contributed by atoms with Gasteiger partial charge < -0.3 is 15.3 Å². The Balaban J connectivity index is -0.000000174.